The lowest BCUT2D eigenvalue weighted by Crippen LogP contribution is -2.37. The van der Waals surface area contributed by atoms with Crippen molar-refractivity contribution in [3.63, 3.8) is 0 Å². The molecule has 0 unspecified atom stereocenters. The summed E-state index contributed by atoms with van der Waals surface area (Å²) < 4.78 is 0. The van der Waals surface area contributed by atoms with Crippen LogP contribution in [0.25, 0.3) is 0 Å². The fraction of sp³-hybridized carbons (Fsp3) is 0.562. The number of nitrogens with one attached hydrogen (secondary N) is 1. The third-order valence-corrected chi connectivity index (χ3v) is 4.79. The highest BCUT2D eigenvalue weighted by Gasteiger charge is 2.33. The van der Waals surface area contributed by atoms with Crippen LogP contribution in [-0.4, -0.2) is 18.3 Å². The van der Waals surface area contributed by atoms with E-state index in [1.165, 1.54) is 18.4 Å². The molecule has 0 saturated heterocycles. The highest BCUT2D eigenvalue weighted by molar-refractivity contribution is 6.18. The smallest absolute Gasteiger partial charge is 0.224 e. The summed E-state index contributed by atoms with van der Waals surface area (Å²) in [6.45, 7) is 2.76. The second-order valence-corrected chi connectivity index (χ2v) is 5.99. The zero-order valence-corrected chi connectivity index (χ0v) is 12.3. The Morgan fingerprint density at radius 2 is 2.00 bits per heavy atom. The number of carbonyl (C=O) groups excluding carboxylic acids is 1. The van der Waals surface area contributed by atoms with Crippen molar-refractivity contribution in [3.8, 4) is 0 Å². The van der Waals surface area contributed by atoms with E-state index in [1.807, 2.05) is 31.2 Å². The molecule has 0 aromatic heterocycles. The van der Waals surface area contributed by atoms with Crippen LogP contribution in [0.1, 0.15) is 36.8 Å². The second kappa shape index (κ2) is 6.42. The standard InChI is InChI=1S/C16H22ClNO/c1-13-6-2-3-7-14(13)10-15(19)18-12-16(11-17)8-4-5-9-16/h2-3,6-7H,4-5,8-12H2,1H3,(H,18,19). The normalized spacial score (nSPS) is 17.4. The number of halogens is 1. The van der Waals surface area contributed by atoms with Crippen molar-refractivity contribution in [2.45, 2.75) is 39.0 Å². The Morgan fingerprint density at radius 1 is 1.32 bits per heavy atom. The van der Waals surface area contributed by atoms with Gasteiger partial charge in [-0.25, -0.2) is 0 Å². The van der Waals surface area contributed by atoms with Crippen LogP contribution >= 0.6 is 11.6 Å². The zero-order valence-electron chi connectivity index (χ0n) is 11.5. The Kier molecular flexibility index (Phi) is 4.87. The maximum atomic E-state index is 12.0. The van der Waals surface area contributed by atoms with Crippen molar-refractivity contribution >= 4 is 17.5 Å². The van der Waals surface area contributed by atoms with Crippen molar-refractivity contribution in [3.05, 3.63) is 35.4 Å². The van der Waals surface area contributed by atoms with Crippen LogP contribution in [0.5, 0.6) is 0 Å². The Hall–Kier alpha value is -1.02. The van der Waals surface area contributed by atoms with E-state index in [9.17, 15) is 4.79 Å². The molecular formula is C16H22ClNO. The number of amides is 1. The SMILES string of the molecule is Cc1ccccc1CC(=O)NCC1(CCl)CCCC1. The maximum absolute atomic E-state index is 12.0. The van der Waals surface area contributed by atoms with E-state index in [0.29, 0.717) is 12.3 Å². The molecule has 0 bridgehead atoms. The Bertz CT molecular complexity index is 438. The zero-order chi connectivity index (χ0) is 13.7. The van der Waals surface area contributed by atoms with E-state index >= 15 is 0 Å². The van der Waals surface area contributed by atoms with Gasteiger partial charge < -0.3 is 5.32 Å². The molecule has 1 amide bonds. The van der Waals surface area contributed by atoms with Gasteiger partial charge in [0.2, 0.25) is 5.91 Å². The number of alkyl halides is 1. The third kappa shape index (κ3) is 3.73. The number of hydrogen-bond acceptors (Lipinski definition) is 1. The molecule has 19 heavy (non-hydrogen) atoms. The molecule has 1 fully saturated rings. The molecule has 0 radical (unpaired) electrons. The van der Waals surface area contributed by atoms with Gasteiger partial charge in [-0.15, -0.1) is 11.6 Å². The van der Waals surface area contributed by atoms with E-state index in [0.717, 1.165) is 24.9 Å². The number of carbonyl (C=O) groups is 1. The number of aryl methyl sites for hydroxylation is 1. The average Bonchev–Trinajstić information content (AvgIpc) is 2.89. The Balaban J connectivity index is 1.86. The first kappa shape index (κ1) is 14.4. The summed E-state index contributed by atoms with van der Waals surface area (Å²) in [5.74, 6) is 0.753. The predicted octanol–water partition coefficient (Wildman–Crippen LogP) is 3.45. The van der Waals surface area contributed by atoms with Crippen LogP contribution in [0.3, 0.4) is 0 Å². The molecule has 1 saturated carbocycles. The number of benzene rings is 1. The Labute approximate surface area is 120 Å². The molecule has 2 rings (SSSR count). The third-order valence-electron chi connectivity index (χ3n) is 4.22. The lowest BCUT2D eigenvalue weighted by molar-refractivity contribution is -0.120. The minimum Gasteiger partial charge on any atom is -0.355 e. The highest BCUT2D eigenvalue weighted by atomic mass is 35.5. The fourth-order valence-electron chi connectivity index (χ4n) is 2.81. The first-order valence-electron chi connectivity index (χ1n) is 7.02. The van der Waals surface area contributed by atoms with E-state index in [2.05, 4.69) is 5.32 Å². The highest BCUT2D eigenvalue weighted by Crippen LogP contribution is 2.38. The minimum atomic E-state index is 0.102. The van der Waals surface area contributed by atoms with Crippen molar-refractivity contribution < 1.29 is 4.79 Å². The van der Waals surface area contributed by atoms with Gasteiger partial charge in [-0.1, -0.05) is 37.1 Å². The van der Waals surface area contributed by atoms with Gasteiger partial charge in [-0.3, -0.25) is 4.79 Å². The molecule has 1 N–H and O–H groups in total. The largest absolute Gasteiger partial charge is 0.355 e. The summed E-state index contributed by atoms with van der Waals surface area (Å²) in [5, 5.41) is 3.07. The van der Waals surface area contributed by atoms with Crippen LogP contribution in [0.4, 0.5) is 0 Å². The molecule has 104 valence electrons. The molecule has 3 heteroatoms. The van der Waals surface area contributed by atoms with Gasteiger partial charge >= 0.3 is 0 Å². The molecule has 1 aliphatic rings. The molecule has 2 nitrogen and oxygen atoms in total. The topological polar surface area (TPSA) is 29.1 Å². The molecule has 1 aromatic carbocycles. The lowest BCUT2D eigenvalue weighted by Gasteiger charge is -2.26. The average molecular weight is 280 g/mol. The van der Waals surface area contributed by atoms with Crippen molar-refractivity contribution in [1.82, 2.24) is 5.32 Å². The summed E-state index contributed by atoms with van der Waals surface area (Å²) in [6, 6.07) is 8.03. The summed E-state index contributed by atoms with van der Waals surface area (Å²) in [4.78, 5) is 12.0. The first-order valence-corrected chi connectivity index (χ1v) is 7.56. The molecule has 1 aliphatic carbocycles. The maximum Gasteiger partial charge on any atom is 0.224 e. The van der Waals surface area contributed by atoms with Gasteiger partial charge in [0.25, 0.3) is 0 Å². The van der Waals surface area contributed by atoms with E-state index < -0.39 is 0 Å². The van der Waals surface area contributed by atoms with Crippen molar-refractivity contribution in [1.29, 1.82) is 0 Å². The van der Waals surface area contributed by atoms with Gasteiger partial charge in [-0.2, -0.15) is 0 Å². The van der Waals surface area contributed by atoms with Crippen LogP contribution in [0.15, 0.2) is 24.3 Å². The first-order chi connectivity index (χ1) is 9.15. The number of hydrogen-bond donors (Lipinski definition) is 1. The summed E-state index contributed by atoms with van der Waals surface area (Å²) in [6.07, 6.45) is 5.22. The van der Waals surface area contributed by atoms with E-state index in [4.69, 9.17) is 11.6 Å². The summed E-state index contributed by atoms with van der Waals surface area (Å²) in [7, 11) is 0. The van der Waals surface area contributed by atoms with Gasteiger partial charge in [0.05, 0.1) is 6.42 Å². The van der Waals surface area contributed by atoms with Crippen molar-refractivity contribution in [2.75, 3.05) is 12.4 Å². The molecule has 0 spiro atoms. The number of rotatable bonds is 5. The van der Waals surface area contributed by atoms with Gasteiger partial charge in [-0.05, 0) is 30.9 Å². The lowest BCUT2D eigenvalue weighted by atomic mass is 9.88. The molecular weight excluding hydrogens is 258 g/mol. The quantitative estimate of drug-likeness (QED) is 0.822. The van der Waals surface area contributed by atoms with E-state index in [1.54, 1.807) is 0 Å². The molecule has 0 atom stereocenters. The van der Waals surface area contributed by atoms with Crippen LogP contribution in [0.2, 0.25) is 0 Å². The second-order valence-electron chi connectivity index (χ2n) is 5.72. The summed E-state index contributed by atoms with van der Waals surface area (Å²) >= 11 is 6.08. The predicted molar refractivity (Wildman–Crippen MR) is 79.5 cm³/mol. The minimum absolute atomic E-state index is 0.102. The molecule has 0 aliphatic heterocycles. The van der Waals surface area contributed by atoms with Gasteiger partial charge in [0, 0.05) is 17.8 Å². The van der Waals surface area contributed by atoms with Gasteiger partial charge in [0.15, 0.2) is 0 Å². The Morgan fingerprint density at radius 3 is 2.63 bits per heavy atom. The molecule has 0 heterocycles. The summed E-state index contributed by atoms with van der Waals surface area (Å²) in [5.41, 5.74) is 2.42. The van der Waals surface area contributed by atoms with E-state index in [-0.39, 0.29) is 11.3 Å². The fourth-order valence-corrected chi connectivity index (χ4v) is 3.17. The van der Waals surface area contributed by atoms with Crippen LogP contribution in [0, 0.1) is 12.3 Å². The monoisotopic (exact) mass is 279 g/mol. The van der Waals surface area contributed by atoms with Crippen LogP contribution < -0.4 is 5.32 Å². The van der Waals surface area contributed by atoms with Gasteiger partial charge in [0.1, 0.15) is 0 Å². The molecule has 1 aromatic rings. The van der Waals surface area contributed by atoms with Crippen LogP contribution in [-0.2, 0) is 11.2 Å². The van der Waals surface area contributed by atoms with Crippen molar-refractivity contribution in [2.24, 2.45) is 5.41 Å².